The number of aliphatic carboxylic acids is 1. The van der Waals surface area contributed by atoms with Gasteiger partial charge in [0.2, 0.25) is 5.91 Å². The quantitative estimate of drug-likeness (QED) is 0.774. The van der Waals surface area contributed by atoms with Crippen LogP contribution in [0.2, 0.25) is 0 Å². The summed E-state index contributed by atoms with van der Waals surface area (Å²) in [5.41, 5.74) is 0.972. The van der Waals surface area contributed by atoms with Crippen molar-refractivity contribution in [1.29, 1.82) is 0 Å². The smallest absolute Gasteiger partial charge is 0.329 e. The van der Waals surface area contributed by atoms with Gasteiger partial charge in [0, 0.05) is 0 Å². The van der Waals surface area contributed by atoms with E-state index in [-0.39, 0.29) is 12.3 Å². The predicted molar refractivity (Wildman–Crippen MR) is 83.2 cm³/mol. The lowest BCUT2D eigenvalue weighted by molar-refractivity contribution is -0.146. The Morgan fingerprint density at radius 3 is 2.19 bits per heavy atom. The summed E-state index contributed by atoms with van der Waals surface area (Å²) in [7, 11) is 0. The van der Waals surface area contributed by atoms with Crippen LogP contribution < -0.4 is 5.32 Å². The minimum Gasteiger partial charge on any atom is -0.480 e. The highest BCUT2D eigenvalue weighted by Crippen LogP contribution is 2.12. The molecule has 0 saturated heterocycles. The first kappa shape index (κ1) is 17.2. The first-order valence-electron chi connectivity index (χ1n) is 7.53. The zero-order valence-electron chi connectivity index (χ0n) is 13.1. The molecule has 21 heavy (non-hydrogen) atoms. The summed E-state index contributed by atoms with van der Waals surface area (Å²) in [6.07, 6.45) is 3.93. The molecular weight excluding hydrogens is 266 g/mol. The number of hydrogen-bond donors (Lipinski definition) is 2. The van der Waals surface area contributed by atoms with E-state index in [9.17, 15) is 9.59 Å². The van der Waals surface area contributed by atoms with E-state index < -0.39 is 11.5 Å². The molecule has 0 spiro atoms. The topological polar surface area (TPSA) is 66.4 Å². The molecule has 1 aromatic rings. The molecule has 2 N–H and O–H groups in total. The lowest BCUT2D eigenvalue weighted by Crippen LogP contribution is -2.52. The Morgan fingerprint density at radius 1 is 1.14 bits per heavy atom. The molecule has 1 unspecified atom stereocenters. The number of hydrogen-bond acceptors (Lipinski definition) is 2. The van der Waals surface area contributed by atoms with E-state index in [1.165, 1.54) is 12.5 Å². The highest BCUT2D eigenvalue weighted by Gasteiger charge is 2.32. The van der Waals surface area contributed by atoms with Crippen LogP contribution >= 0.6 is 0 Å². The van der Waals surface area contributed by atoms with Crippen molar-refractivity contribution >= 4 is 11.9 Å². The van der Waals surface area contributed by atoms with Gasteiger partial charge in [-0.1, -0.05) is 44.5 Å². The molecule has 0 aliphatic heterocycles. The molecule has 1 atom stereocenters. The Kier molecular flexibility index (Phi) is 6.40. The van der Waals surface area contributed by atoms with Gasteiger partial charge in [0.15, 0.2) is 0 Å². The van der Waals surface area contributed by atoms with Crippen LogP contribution in [0.15, 0.2) is 24.3 Å². The number of benzene rings is 1. The fourth-order valence-electron chi connectivity index (χ4n) is 2.04. The maximum Gasteiger partial charge on any atom is 0.329 e. The molecule has 116 valence electrons. The molecule has 0 aromatic heterocycles. The summed E-state index contributed by atoms with van der Waals surface area (Å²) >= 11 is 0. The van der Waals surface area contributed by atoms with E-state index in [0.717, 1.165) is 24.8 Å². The normalized spacial score (nSPS) is 13.5. The third-order valence-electron chi connectivity index (χ3n) is 3.80. The molecule has 0 bridgehead atoms. The monoisotopic (exact) mass is 291 g/mol. The summed E-state index contributed by atoms with van der Waals surface area (Å²) in [4.78, 5) is 23.1. The Morgan fingerprint density at radius 2 is 1.71 bits per heavy atom. The van der Waals surface area contributed by atoms with Crippen LogP contribution in [0.4, 0.5) is 0 Å². The van der Waals surface area contributed by atoms with Gasteiger partial charge in [-0.15, -0.1) is 0 Å². The van der Waals surface area contributed by atoms with Gasteiger partial charge in [-0.3, -0.25) is 4.79 Å². The summed E-state index contributed by atoms with van der Waals surface area (Å²) in [6.45, 7) is 5.43. The van der Waals surface area contributed by atoms with Gasteiger partial charge in [-0.2, -0.15) is 0 Å². The summed E-state index contributed by atoms with van der Waals surface area (Å²) in [5.74, 6) is -1.27. The van der Waals surface area contributed by atoms with Crippen molar-refractivity contribution < 1.29 is 14.7 Å². The van der Waals surface area contributed by atoms with Gasteiger partial charge in [-0.25, -0.2) is 4.79 Å². The molecule has 0 fully saturated rings. The summed E-state index contributed by atoms with van der Waals surface area (Å²) in [6, 6.07) is 7.95. The largest absolute Gasteiger partial charge is 0.480 e. The maximum atomic E-state index is 12.0. The third kappa shape index (κ3) is 5.21. The van der Waals surface area contributed by atoms with Gasteiger partial charge in [-0.05, 0) is 37.3 Å². The molecule has 0 aliphatic rings. The molecule has 0 aliphatic carbocycles. The van der Waals surface area contributed by atoms with Crippen LogP contribution in [0.25, 0.3) is 0 Å². The summed E-state index contributed by atoms with van der Waals surface area (Å²) in [5, 5.41) is 11.8. The summed E-state index contributed by atoms with van der Waals surface area (Å²) < 4.78 is 0. The lowest BCUT2D eigenvalue weighted by Gasteiger charge is -2.24. The van der Waals surface area contributed by atoms with Crippen molar-refractivity contribution in [3.63, 3.8) is 0 Å². The average molecular weight is 291 g/mol. The number of carboxylic acid groups (broad SMARTS) is 1. The van der Waals surface area contributed by atoms with Crippen molar-refractivity contribution in [1.82, 2.24) is 5.32 Å². The Labute approximate surface area is 126 Å². The second-order valence-corrected chi connectivity index (χ2v) is 5.64. The number of unbranched alkanes of at least 4 members (excludes halogenated alkanes) is 1. The van der Waals surface area contributed by atoms with E-state index in [2.05, 4.69) is 12.2 Å². The van der Waals surface area contributed by atoms with Crippen molar-refractivity contribution in [2.24, 2.45) is 0 Å². The van der Waals surface area contributed by atoms with Crippen molar-refractivity contribution in [2.75, 3.05) is 0 Å². The van der Waals surface area contributed by atoms with Gasteiger partial charge in [0.05, 0.1) is 6.42 Å². The van der Waals surface area contributed by atoms with E-state index in [1.807, 2.05) is 24.3 Å². The van der Waals surface area contributed by atoms with Crippen LogP contribution in [-0.2, 0) is 22.4 Å². The van der Waals surface area contributed by atoms with Crippen LogP contribution in [0.3, 0.4) is 0 Å². The molecular formula is C17H25NO3. The third-order valence-corrected chi connectivity index (χ3v) is 3.80. The first-order valence-corrected chi connectivity index (χ1v) is 7.53. The van der Waals surface area contributed by atoms with E-state index in [1.54, 1.807) is 6.92 Å². The minimum absolute atomic E-state index is 0.205. The molecule has 1 rings (SSSR count). The van der Waals surface area contributed by atoms with E-state index >= 15 is 0 Å². The number of carbonyl (C=O) groups is 2. The number of rotatable bonds is 8. The highest BCUT2D eigenvalue weighted by molar-refractivity contribution is 5.87. The van der Waals surface area contributed by atoms with Crippen LogP contribution in [0.5, 0.6) is 0 Å². The van der Waals surface area contributed by atoms with Crippen LogP contribution in [0, 0.1) is 0 Å². The van der Waals surface area contributed by atoms with E-state index in [0.29, 0.717) is 6.42 Å². The predicted octanol–water partition coefficient (Wildman–Crippen LogP) is 2.94. The molecule has 0 heterocycles. The number of aryl methyl sites for hydroxylation is 1. The van der Waals surface area contributed by atoms with Crippen LogP contribution in [0.1, 0.15) is 51.2 Å². The molecule has 0 saturated carbocycles. The van der Waals surface area contributed by atoms with Crippen molar-refractivity contribution in [3.05, 3.63) is 35.4 Å². The molecule has 0 radical (unpaired) electrons. The second kappa shape index (κ2) is 7.81. The average Bonchev–Trinajstić information content (AvgIpc) is 2.46. The number of carboxylic acids is 1. The highest BCUT2D eigenvalue weighted by atomic mass is 16.4. The Bertz CT molecular complexity index is 481. The minimum atomic E-state index is -1.20. The second-order valence-electron chi connectivity index (χ2n) is 5.64. The standard InChI is InChI=1S/C17H25NO3/c1-4-6-7-13-8-10-14(11-9-13)12-15(19)18-17(3,5-2)16(20)21/h8-11H,4-7,12H2,1-3H3,(H,18,19)(H,20,21). The number of nitrogens with one attached hydrogen (secondary N) is 1. The molecule has 1 amide bonds. The fraction of sp³-hybridized carbons (Fsp3) is 0.529. The van der Waals surface area contributed by atoms with Gasteiger partial charge in [0.1, 0.15) is 5.54 Å². The van der Waals surface area contributed by atoms with Crippen LogP contribution in [-0.4, -0.2) is 22.5 Å². The maximum absolute atomic E-state index is 12.0. The first-order chi connectivity index (χ1) is 9.91. The van der Waals surface area contributed by atoms with Crippen molar-refractivity contribution in [3.8, 4) is 0 Å². The molecule has 1 aromatic carbocycles. The fourth-order valence-corrected chi connectivity index (χ4v) is 2.04. The SMILES string of the molecule is CCCCc1ccc(CC(=O)NC(C)(CC)C(=O)O)cc1. The molecule has 4 nitrogen and oxygen atoms in total. The van der Waals surface area contributed by atoms with Gasteiger partial charge >= 0.3 is 5.97 Å². The Hall–Kier alpha value is -1.84. The zero-order chi connectivity index (χ0) is 15.9. The van der Waals surface area contributed by atoms with Crippen molar-refractivity contribution in [2.45, 2.75) is 58.4 Å². The molecule has 4 heteroatoms. The Balaban J connectivity index is 2.60. The van der Waals surface area contributed by atoms with E-state index in [4.69, 9.17) is 5.11 Å². The number of amides is 1. The number of carbonyl (C=O) groups excluding carboxylic acids is 1. The van der Waals surface area contributed by atoms with Gasteiger partial charge in [0.25, 0.3) is 0 Å². The van der Waals surface area contributed by atoms with Gasteiger partial charge < -0.3 is 10.4 Å². The lowest BCUT2D eigenvalue weighted by atomic mass is 9.98. The zero-order valence-corrected chi connectivity index (χ0v) is 13.1.